The van der Waals surface area contributed by atoms with Crippen LogP contribution in [-0.4, -0.2) is 59.2 Å². The number of ether oxygens (including phenoxy) is 1. The normalized spacial score (nSPS) is 15.7. The molecule has 1 aliphatic rings. The third-order valence-electron chi connectivity index (χ3n) is 5.35. The van der Waals surface area contributed by atoms with Crippen molar-refractivity contribution in [2.45, 2.75) is 51.7 Å². The van der Waals surface area contributed by atoms with Gasteiger partial charge in [0.2, 0.25) is 10.9 Å². The topological polar surface area (TPSA) is 96.5 Å². The maximum Gasteiger partial charge on any atom is 0.286 e. The van der Waals surface area contributed by atoms with Crippen LogP contribution >= 0.6 is 11.3 Å². The van der Waals surface area contributed by atoms with E-state index in [0.717, 1.165) is 30.8 Å². The summed E-state index contributed by atoms with van der Waals surface area (Å²) in [5.74, 6) is -1.10. The molecule has 0 bridgehead atoms. The number of hydrogen-bond donors (Lipinski definition) is 2. The van der Waals surface area contributed by atoms with Gasteiger partial charge in [-0.15, -0.1) is 10.2 Å². The molecule has 1 aromatic carbocycles. The minimum absolute atomic E-state index is 0.0809. The lowest BCUT2D eigenvalue weighted by molar-refractivity contribution is -0.126. The van der Waals surface area contributed by atoms with E-state index in [4.69, 9.17) is 4.74 Å². The molecule has 0 unspecified atom stereocenters. The molecule has 0 saturated carbocycles. The van der Waals surface area contributed by atoms with Crippen molar-refractivity contribution in [2.75, 3.05) is 31.6 Å². The molecule has 1 saturated heterocycles. The Morgan fingerprint density at radius 1 is 1.22 bits per heavy atom. The van der Waals surface area contributed by atoms with E-state index < -0.39 is 11.7 Å². The molecule has 10 heteroatoms. The summed E-state index contributed by atoms with van der Waals surface area (Å²) in [6.45, 7) is 5.12. The second-order valence-electron chi connectivity index (χ2n) is 7.90. The summed E-state index contributed by atoms with van der Waals surface area (Å²) in [5, 5.41) is 13.8. The Labute approximate surface area is 191 Å². The minimum Gasteiger partial charge on any atom is -0.364 e. The summed E-state index contributed by atoms with van der Waals surface area (Å²) in [7, 11) is 0. The molecule has 32 heavy (non-hydrogen) atoms. The first kappa shape index (κ1) is 24.2. The number of rotatable bonds is 10. The highest BCUT2D eigenvalue weighted by molar-refractivity contribution is 7.13. The van der Waals surface area contributed by atoms with Gasteiger partial charge in [0, 0.05) is 18.3 Å². The van der Waals surface area contributed by atoms with Crippen LogP contribution in [0.5, 0.6) is 0 Å². The van der Waals surface area contributed by atoms with Gasteiger partial charge in [0.25, 0.3) is 5.91 Å². The fraction of sp³-hybridized carbons (Fsp3) is 0.545. The van der Waals surface area contributed by atoms with E-state index >= 15 is 0 Å². The molecule has 2 amide bonds. The van der Waals surface area contributed by atoms with Gasteiger partial charge in [0.05, 0.1) is 0 Å². The Morgan fingerprint density at radius 3 is 2.75 bits per heavy atom. The molecule has 0 aliphatic carbocycles. The highest BCUT2D eigenvalue weighted by Crippen LogP contribution is 2.15. The van der Waals surface area contributed by atoms with E-state index in [9.17, 15) is 14.0 Å². The van der Waals surface area contributed by atoms with Crippen molar-refractivity contribution in [2.24, 2.45) is 0 Å². The molecule has 1 aliphatic heterocycles. The molecule has 1 aromatic heterocycles. The zero-order valence-corrected chi connectivity index (χ0v) is 19.1. The van der Waals surface area contributed by atoms with Gasteiger partial charge >= 0.3 is 0 Å². The fourth-order valence-electron chi connectivity index (χ4n) is 3.58. The standard InChI is InChI=1S/C22H30FN5O3S/c1-16(28-11-4-2-3-5-12-28)9-10-24-19(29)14-31-15-20-26-27-22(32-20)21(30)25-18-8-6-7-17(23)13-18/h6-8,13,16H,2-5,9-12,14-15H2,1H3,(H,24,29)(H,25,30)/t16-/m1/s1. The van der Waals surface area contributed by atoms with Gasteiger partial charge in [-0.2, -0.15) is 0 Å². The number of nitrogens with one attached hydrogen (secondary N) is 2. The van der Waals surface area contributed by atoms with Crippen molar-refractivity contribution in [3.63, 3.8) is 0 Å². The Kier molecular flexibility index (Phi) is 9.51. The summed E-state index contributed by atoms with van der Waals surface area (Å²) in [4.78, 5) is 26.7. The largest absolute Gasteiger partial charge is 0.364 e. The molecule has 0 spiro atoms. The van der Waals surface area contributed by atoms with Crippen LogP contribution in [0.2, 0.25) is 0 Å². The zero-order valence-electron chi connectivity index (χ0n) is 18.3. The van der Waals surface area contributed by atoms with Gasteiger partial charge in [-0.1, -0.05) is 30.2 Å². The lowest BCUT2D eigenvalue weighted by Crippen LogP contribution is -2.37. The zero-order chi connectivity index (χ0) is 22.8. The van der Waals surface area contributed by atoms with E-state index in [0.29, 0.717) is 23.3 Å². The molecule has 8 nitrogen and oxygen atoms in total. The first-order valence-electron chi connectivity index (χ1n) is 11.0. The van der Waals surface area contributed by atoms with Crippen LogP contribution in [0.15, 0.2) is 24.3 Å². The second kappa shape index (κ2) is 12.6. The number of aromatic nitrogens is 2. The van der Waals surface area contributed by atoms with Crippen molar-refractivity contribution < 1.29 is 18.7 Å². The van der Waals surface area contributed by atoms with Gasteiger partial charge in [0.1, 0.15) is 24.0 Å². The van der Waals surface area contributed by atoms with E-state index in [2.05, 4.69) is 32.7 Å². The smallest absolute Gasteiger partial charge is 0.286 e. The molecule has 2 N–H and O–H groups in total. The second-order valence-corrected chi connectivity index (χ2v) is 8.96. The van der Waals surface area contributed by atoms with Crippen LogP contribution in [0, 0.1) is 5.82 Å². The van der Waals surface area contributed by atoms with Crippen molar-refractivity contribution in [1.29, 1.82) is 0 Å². The predicted octanol–water partition coefficient (Wildman–Crippen LogP) is 3.22. The number of anilines is 1. The molecule has 174 valence electrons. The first-order chi connectivity index (χ1) is 15.5. The summed E-state index contributed by atoms with van der Waals surface area (Å²) in [6.07, 6.45) is 6.04. The third-order valence-corrected chi connectivity index (χ3v) is 6.25. The van der Waals surface area contributed by atoms with E-state index in [-0.39, 0.29) is 24.1 Å². The number of nitrogens with zero attached hydrogens (tertiary/aromatic N) is 3. The highest BCUT2D eigenvalue weighted by Gasteiger charge is 2.16. The van der Waals surface area contributed by atoms with Gasteiger partial charge in [-0.3, -0.25) is 9.59 Å². The Hall–Kier alpha value is -2.43. The van der Waals surface area contributed by atoms with Crippen molar-refractivity contribution >= 4 is 28.8 Å². The minimum atomic E-state index is -0.476. The maximum absolute atomic E-state index is 13.2. The molecule has 1 fully saturated rings. The number of carbonyl (C=O) groups excluding carboxylic acids is 2. The van der Waals surface area contributed by atoms with E-state index in [1.165, 1.54) is 43.9 Å². The summed E-state index contributed by atoms with van der Waals surface area (Å²) in [6, 6.07) is 6.05. The molecular weight excluding hydrogens is 433 g/mol. The van der Waals surface area contributed by atoms with Crippen LogP contribution in [-0.2, 0) is 16.1 Å². The molecule has 1 atom stereocenters. The van der Waals surface area contributed by atoms with Gasteiger partial charge in [-0.05, 0) is 57.5 Å². The SMILES string of the molecule is C[C@H](CCNC(=O)COCc1nnc(C(=O)Nc2cccc(F)c2)s1)N1CCCCCC1. The average Bonchev–Trinajstić information content (AvgIpc) is 3.07. The summed E-state index contributed by atoms with van der Waals surface area (Å²) in [5.41, 5.74) is 0.338. The van der Waals surface area contributed by atoms with Crippen LogP contribution < -0.4 is 10.6 Å². The number of carbonyl (C=O) groups is 2. The monoisotopic (exact) mass is 463 g/mol. The lowest BCUT2D eigenvalue weighted by Gasteiger charge is -2.27. The molecule has 2 aromatic rings. The fourth-order valence-corrected chi connectivity index (χ4v) is 4.25. The van der Waals surface area contributed by atoms with Gasteiger partial charge < -0.3 is 20.3 Å². The number of benzene rings is 1. The quantitative estimate of drug-likeness (QED) is 0.562. The van der Waals surface area contributed by atoms with Crippen LogP contribution in [0.4, 0.5) is 10.1 Å². The maximum atomic E-state index is 13.2. The Balaban J connectivity index is 1.32. The lowest BCUT2D eigenvalue weighted by atomic mass is 10.2. The van der Waals surface area contributed by atoms with Crippen LogP contribution in [0.25, 0.3) is 0 Å². The van der Waals surface area contributed by atoms with E-state index in [1.54, 1.807) is 6.07 Å². The Bertz CT molecular complexity index is 886. The van der Waals surface area contributed by atoms with Crippen molar-refractivity contribution in [1.82, 2.24) is 20.4 Å². The average molecular weight is 464 g/mol. The predicted molar refractivity (Wildman–Crippen MR) is 121 cm³/mol. The van der Waals surface area contributed by atoms with Crippen LogP contribution in [0.3, 0.4) is 0 Å². The number of halogens is 1. The highest BCUT2D eigenvalue weighted by atomic mass is 32.1. The number of amides is 2. The first-order valence-corrected chi connectivity index (χ1v) is 11.8. The molecule has 3 rings (SSSR count). The summed E-state index contributed by atoms with van der Waals surface area (Å²) >= 11 is 1.07. The van der Waals surface area contributed by atoms with Gasteiger partial charge in [-0.25, -0.2) is 4.39 Å². The van der Waals surface area contributed by atoms with Crippen LogP contribution in [0.1, 0.15) is 53.8 Å². The van der Waals surface area contributed by atoms with Gasteiger partial charge in [0.15, 0.2) is 0 Å². The molecule has 0 radical (unpaired) electrons. The molecule has 2 heterocycles. The molecular formula is C22H30FN5O3S. The number of likely N-dealkylation sites (tertiary alicyclic amines) is 1. The Morgan fingerprint density at radius 2 is 2.00 bits per heavy atom. The van der Waals surface area contributed by atoms with E-state index in [1.807, 2.05) is 0 Å². The van der Waals surface area contributed by atoms with Crippen molar-refractivity contribution in [3.05, 3.63) is 40.1 Å². The third kappa shape index (κ3) is 7.92. The summed E-state index contributed by atoms with van der Waals surface area (Å²) < 4.78 is 18.6. The number of hydrogen-bond acceptors (Lipinski definition) is 7. The van der Waals surface area contributed by atoms with Crippen molar-refractivity contribution in [3.8, 4) is 0 Å².